The summed E-state index contributed by atoms with van der Waals surface area (Å²) in [6.45, 7) is 3.58. The minimum atomic E-state index is -2.20. The largest absolute Gasteiger partial charge is 0.479 e. The van der Waals surface area contributed by atoms with E-state index in [0.717, 1.165) is 6.08 Å². The molecule has 0 radical (unpaired) electrons. The molecule has 1 saturated heterocycles. The van der Waals surface area contributed by atoms with Crippen molar-refractivity contribution < 1.29 is 33.4 Å². The molecule has 158 valence electrons. The van der Waals surface area contributed by atoms with Gasteiger partial charge >= 0.3 is 5.97 Å². The fourth-order valence-corrected chi connectivity index (χ4v) is 7.50. The predicted molar refractivity (Wildman–Crippen MR) is 97.0 cm³/mol. The van der Waals surface area contributed by atoms with Crippen LogP contribution in [0, 0.1) is 28.6 Å². The van der Waals surface area contributed by atoms with Gasteiger partial charge in [-0.1, -0.05) is 13.0 Å². The van der Waals surface area contributed by atoms with Crippen LogP contribution in [0.5, 0.6) is 0 Å². The smallest absolute Gasteiger partial charge is 0.339 e. The summed E-state index contributed by atoms with van der Waals surface area (Å²) < 4.78 is 32.2. The Morgan fingerprint density at radius 2 is 2.03 bits per heavy atom. The lowest BCUT2D eigenvalue weighted by molar-refractivity contribution is -0.238. The number of ketones is 1. The third-order valence-corrected chi connectivity index (χ3v) is 8.86. The SMILES string of the molecule is C[C@]12C=CC(=O)C=C1[C@@H](F)C[C@H]1[C@@H]3C[C@H]4CNO[C@@]4(C(=O)O)[C@@]3(C)C[C@H](O)[C@@]12F. The molecule has 0 spiro atoms. The van der Waals surface area contributed by atoms with Crippen molar-refractivity contribution in [2.24, 2.45) is 28.6 Å². The normalized spacial score (nSPS) is 55.6. The summed E-state index contributed by atoms with van der Waals surface area (Å²) >= 11 is 0. The summed E-state index contributed by atoms with van der Waals surface area (Å²) in [5.41, 5.74) is -3.56. The zero-order valence-electron chi connectivity index (χ0n) is 16.3. The maximum atomic E-state index is 16.9. The molecule has 1 aliphatic heterocycles. The first-order chi connectivity index (χ1) is 13.5. The van der Waals surface area contributed by atoms with Crippen molar-refractivity contribution in [3.8, 4) is 0 Å². The number of hydrogen-bond acceptors (Lipinski definition) is 5. The van der Waals surface area contributed by atoms with Gasteiger partial charge in [-0.05, 0) is 49.8 Å². The van der Waals surface area contributed by atoms with Gasteiger partial charge < -0.3 is 10.2 Å². The molecule has 5 aliphatic rings. The number of aliphatic hydroxyl groups is 1. The van der Waals surface area contributed by atoms with Gasteiger partial charge in [0.25, 0.3) is 0 Å². The molecular weight excluding hydrogens is 384 g/mol. The molecule has 3 saturated carbocycles. The van der Waals surface area contributed by atoms with Crippen molar-refractivity contribution >= 4 is 11.8 Å². The molecule has 3 N–H and O–H groups in total. The van der Waals surface area contributed by atoms with Crippen LogP contribution in [0.1, 0.15) is 33.1 Å². The molecular formula is C21H25F2NO5. The maximum absolute atomic E-state index is 16.9. The average molecular weight is 409 g/mol. The molecule has 0 aromatic rings. The summed E-state index contributed by atoms with van der Waals surface area (Å²) in [4.78, 5) is 29.7. The van der Waals surface area contributed by atoms with Crippen LogP contribution in [0.4, 0.5) is 8.78 Å². The fourth-order valence-electron chi connectivity index (χ4n) is 7.50. The molecule has 1 heterocycles. The highest BCUT2D eigenvalue weighted by atomic mass is 19.1. The molecule has 8 heteroatoms. The molecule has 0 bridgehead atoms. The van der Waals surface area contributed by atoms with E-state index in [9.17, 15) is 19.8 Å². The number of allylic oxidation sites excluding steroid dienone is 4. The van der Waals surface area contributed by atoms with Gasteiger partial charge in [0.05, 0.1) is 6.10 Å². The minimum Gasteiger partial charge on any atom is -0.479 e. The topological polar surface area (TPSA) is 95.9 Å². The van der Waals surface area contributed by atoms with Crippen molar-refractivity contribution in [2.75, 3.05) is 6.54 Å². The first-order valence-corrected chi connectivity index (χ1v) is 10.1. The average Bonchev–Trinajstić information content (AvgIpc) is 3.17. The number of aliphatic carboxylic acids is 1. The van der Waals surface area contributed by atoms with E-state index < -0.39 is 63.9 Å². The lowest BCUT2D eigenvalue weighted by atomic mass is 9.44. The highest BCUT2D eigenvalue weighted by Gasteiger charge is 2.79. The maximum Gasteiger partial charge on any atom is 0.339 e. The fraction of sp³-hybridized carbons (Fsp3) is 0.714. The number of alkyl halides is 2. The number of hydrogen-bond donors (Lipinski definition) is 3. The molecule has 0 aromatic carbocycles. The second-order valence-corrected chi connectivity index (χ2v) is 9.78. The molecule has 9 atom stereocenters. The Morgan fingerprint density at radius 1 is 1.31 bits per heavy atom. The monoisotopic (exact) mass is 409 g/mol. The van der Waals surface area contributed by atoms with E-state index in [4.69, 9.17) is 4.84 Å². The highest BCUT2D eigenvalue weighted by molar-refractivity contribution is 6.01. The number of carbonyl (C=O) groups excluding carboxylic acids is 1. The lowest BCUT2D eigenvalue weighted by Gasteiger charge is -2.62. The van der Waals surface area contributed by atoms with E-state index in [1.54, 1.807) is 6.92 Å². The minimum absolute atomic E-state index is 0.0652. The quantitative estimate of drug-likeness (QED) is 0.612. The van der Waals surface area contributed by atoms with Crippen LogP contribution in [-0.2, 0) is 14.4 Å². The molecule has 0 aromatic heterocycles. The first-order valence-electron chi connectivity index (χ1n) is 10.1. The Bertz CT molecular complexity index is 875. The second-order valence-electron chi connectivity index (χ2n) is 9.78. The highest BCUT2D eigenvalue weighted by Crippen LogP contribution is 2.72. The van der Waals surface area contributed by atoms with Crippen LogP contribution in [0.3, 0.4) is 0 Å². The Hall–Kier alpha value is -1.64. The van der Waals surface area contributed by atoms with Crippen LogP contribution in [0.2, 0.25) is 0 Å². The molecule has 4 aliphatic carbocycles. The number of carboxylic acid groups (broad SMARTS) is 1. The zero-order valence-corrected chi connectivity index (χ0v) is 16.3. The Morgan fingerprint density at radius 3 is 2.72 bits per heavy atom. The number of aliphatic hydroxyl groups excluding tert-OH is 1. The van der Waals surface area contributed by atoms with E-state index in [1.165, 1.54) is 19.1 Å². The Balaban J connectivity index is 1.67. The van der Waals surface area contributed by atoms with Gasteiger partial charge in [-0.25, -0.2) is 19.1 Å². The van der Waals surface area contributed by atoms with Gasteiger partial charge in [0.1, 0.15) is 6.17 Å². The van der Waals surface area contributed by atoms with E-state index in [-0.39, 0.29) is 18.4 Å². The lowest BCUT2D eigenvalue weighted by Crippen LogP contribution is -2.70. The van der Waals surface area contributed by atoms with Crippen molar-refractivity contribution in [1.82, 2.24) is 5.48 Å². The Kier molecular flexibility index (Phi) is 3.69. The van der Waals surface area contributed by atoms with Crippen molar-refractivity contribution in [2.45, 2.75) is 56.7 Å². The number of nitrogens with one attached hydrogen (secondary N) is 1. The zero-order chi connectivity index (χ0) is 21.0. The van der Waals surface area contributed by atoms with E-state index >= 15 is 8.78 Å². The standard InChI is InChI=1S/C21H25F2NO5/c1-18-4-3-11(25)6-14(18)15(22)7-13-12-5-10-9-24-29-21(10,17(27)28)19(12,2)8-16(26)20(13,18)23/h3-4,6,10,12-13,15-16,24,26H,5,7-9H2,1-2H3,(H,27,28)/t10-,12-,13-,15-,16-,18-,19-,20-,21-/m0/s1. The molecule has 0 amide bonds. The summed E-state index contributed by atoms with van der Waals surface area (Å²) in [5, 5.41) is 21.2. The molecule has 6 nitrogen and oxygen atoms in total. The van der Waals surface area contributed by atoms with Crippen LogP contribution in [-0.4, -0.2) is 52.1 Å². The number of fused-ring (bicyclic) bond motifs is 7. The third-order valence-electron chi connectivity index (χ3n) is 8.86. The van der Waals surface area contributed by atoms with Crippen LogP contribution >= 0.6 is 0 Å². The molecule has 0 unspecified atom stereocenters. The number of carbonyl (C=O) groups is 2. The van der Waals surface area contributed by atoms with Crippen molar-refractivity contribution in [3.05, 3.63) is 23.8 Å². The van der Waals surface area contributed by atoms with Gasteiger partial charge in [-0.15, -0.1) is 0 Å². The van der Waals surface area contributed by atoms with Gasteiger partial charge in [-0.3, -0.25) is 9.63 Å². The van der Waals surface area contributed by atoms with Crippen molar-refractivity contribution in [3.63, 3.8) is 0 Å². The van der Waals surface area contributed by atoms with Gasteiger partial charge in [0, 0.05) is 29.2 Å². The molecule has 4 fully saturated rings. The van der Waals surface area contributed by atoms with E-state index in [0.29, 0.717) is 13.0 Å². The third kappa shape index (κ3) is 1.92. The second kappa shape index (κ2) is 5.53. The van der Waals surface area contributed by atoms with E-state index in [2.05, 4.69) is 5.48 Å². The van der Waals surface area contributed by atoms with E-state index in [1.807, 2.05) is 0 Å². The number of rotatable bonds is 1. The van der Waals surface area contributed by atoms with Crippen molar-refractivity contribution in [1.29, 1.82) is 0 Å². The molecule has 5 rings (SSSR count). The number of carboxylic acids is 1. The van der Waals surface area contributed by atoms with Gasteiger partial charge in [0.15, 0.2) is 17.1 Å². The van der Waals surface area contributed by atoms with Crippen LogP contribution in [0.15, 0.2) is 23.8 Å². The van der Waals surface area contributed by atoms with Crippen LogP contribution < -0.4 is 5.48 Å². The molecule has 29 heavy (non-hydrogen) atoms. The first kappa shape index (κ1) is 19.3. The summed E-state index contributed by atoms with van der Waals surface area (Å²) in [7, 11) is 0. The van der Waals surface area contributed by atoms with Gasteiger partial charge in [-0.2, -0.15) is 0 Å². The van der Waals surface area contributed by atoms with Crippen LogP contribution in [0.25, 0.3) is 0 Å². The summed E-state index contributed by atoms with van der Waals surface area (Å²) in [6, 6.07) is 0. The summed E-state index contributed by atoms with van der Waals surface area (Å²) in [6.07, 6.45) is 0.792. The number of hydroxylamine groups is 1. The summed E-state index contributed by atoms with van der Waals surface area (Å²) in [5.74, 6) is -3.29. The predicted octanol–water partition coefficient (Wildman–Crippen LogP) is 1.89. The van der Waals surface area contributed by atoms with Gasteiger partial charge in [0.2, 0.25) is 0 Å². The number of halogens is 2. The Labute approximate surface area is 166 Å².